The number of hydrogen-bond donors (Lipinski definition) is 2. The van der Waals surface area contributed by atoms with E-state index in [0.717, 1.165) is 12.8 Å². The van der Waals surface area contributed by atoms with E-state index in [9.17, 15) is 9.59 Å². The van der Waals surface area contributed by atoms with E-state index < -0.39 is 0 Å². The molecule has 0 radical (unpaired) electrons. The molecule has 0 atom stereocenters. The first kappa shape index (κ1) is 19.2. The minimum Gasteiger partial charge on any atom is -0.466 e. The van der Waals surface area contributed by atoms with E-state index in [1.807, 2.05) is 6.92 Å². The van der Waals surface area contributed by atoms with Gasteiger partial charge in [0.2, 0.25) is 11.1 Å². The number of nitrogens with two attached hydrogens (primary N) is 1. The highest BCUT2D eigenvalue weighted by Crippen LogP contribution is 2.18. The smallest absolute Gasteiger partial charge is 0.311 e. The van der Waals surface area contributed by atoms with Gasteiger partial charge in [-0.1, -0.05) is 18.7 Å². The molecule has 9 nitrogen and oxygen atoms in total. The van der Waals surface area contributed by atoms with Gasteiger partial charge in [-0.15, -0.1) is 21.5 Å². The van der Waals surface area contributed by atoms with E-state index in [2.05, 4.69) is 20.5 Å². The van der Waals surface area contributed by atoms with Gasteiger partial charge in [-0.3, -0.25) is 9.59 Å². The SMILES string of the molecule is CCCc1nnc(SCC(=O)Nc2nc(CC(=O)OCC)cs2)n1N. The molecule has 0 unspecified atom stereocenters. The van der Waals surface area contributed by atoms with Gasteiger partial charge in [-0.25, -0.2) is 9.66 Å². The van der Waals surface area contributed by atoms with Crippen LogP contribution < -0.4 is 11.2 Å². The number of anilines is 1. The second-order valence-corrected chi connectivity index (χ2v) is 6.78. The summed E-state index contributed by atoms with van der Waals surface area (Å²) in [6.45, 7) is 4.10. The Morgan fingerprint density at radius 3 is 2.92 bits per heavy atom. The van der Waals surface area contributed by atoms with Crippen LogP contribution in [-0.4, -0.2) is 44.1 Å². The molecule has 25 heavy (non-hydrogen) atoms. The van der Waals surface area contributed by atoms with Crippen molar-refractivity contribution in [1.29, 1.82) is 0 Å². The minimum absolute atomic E-state index is 0.0887. The van der Waals surface area contributed by atoms with Crippen molar-refractivity contribution in [2.24, 2.45) is 0 Å². The molecule has 0 bridgehead atoms. The van der Waals surface area contributed by atoms with Crippen LogP contribution in [0.15, 0.2) is 10.5 Å². The summed E-state index contributed by atoms with van der Waals surface area (Å²) in [5.41, 5.74) is 0.567. The summed E-state index contributed by atoms with van der Waals surface area (Å²) < 4.78 is 6.27. The zero-order valence-electron chi connectivity index (χ0n) is 14.0. The number of thiazole rings is 1. The van der Waals surface area contributed by atoms with Crippen LogP contribution in [0.4, 0.5) is 5.13 Å². The largest absolute Gasteiger partial charge is 0.466 e. The number of rotatable bonds is 9. The van der Waals surface area contributed by atoms with Crippen molar-refractivity contribution in [2.75, 3.05) is 23.5 Å². The molecule has 0 saturated carbocycles. The minimum atomic E-state index is -0.341. The maximum atomic E-state index is 12.0. The van der Waals surface area contributed by atoms with Gasteiger partial charge in [0.25, 0.3) is 0 Å². The molecule has 0 aromatic carbocycles. The Hall–Kier alpha value is -2.14. The predicted octanol–water partition coefficient (Wildman–Crippen LogP) is 1.24. The molecule has 0 saturated heterocycles. The lowest BCUT2D eigenvalue weighted by atomic mass is 10.3. The quantitative estimate of drug-likeness (QED) is 0.376. The second kappa shape index (κ2) is 9.37. The van der Waals surface area contributed by atoms with Crippen molar-refractivity contribution in [3.05, 3.63) is 16.9 Å². The molecule has 0 aliphatic rings. The van der Waals surface area contributed by atoms with Gasteiger partial charge in [0.05, 0.1) is 24.5 Å². The highest BCUT2D eigenvalue weighted by atomic mass is 32.2. The van der Waals surface area contributed by atoms with E-state index in [4.69, 9.17) is 10.6 Å². The zero-order chi connectivity index (χ0) is 18.2. The number of nitrogens with one attached hydrogen (secondary N) is 1. The summed E-state index contributed by atoms with van der Waals surface area (Å²) in [7, 11) is 0. The number of carbonyl (C=O) groups excluding carboxylic acids is 2. The number of nitrogens with zero attached hydrogens (tertiary/aromatic N) is 4. The van der Waals surface area contributed by atoms with Crippen LogP contribution in [0.5, 0.6) is 0 Å². The lowest BCUT2D eigenvalue weighted by Gasteiger charge is -2.03. The van der Waals surface area contributed by atoms with E-state index in [1.54, 1.807) is 12.3 Å². The molecule has 0 aliphatic carbocycles. The standard InChI is InChI=1S/C14H20N6O3S2/c1-3-5-10-18-19-14(20(10)15)25-8-11(21)17-13-16-9(7-24-13)6-12(22)23-4-2/h7H,3-6,8,15H2,1-2H3,(H,16,17,21). The lowest BCUT2D eigenvalue weighted by Crippen LogP contribution is -2.17. The summed E-state index contributed by atoms with van der Waals surface area (Å²) in [4.78, 5) is 27.6. The molecule has 3 N–H and O–H groups in total. The second-order valence-electron chi connectivity index (χ2n) is 4.98. The fourth-order valence-electron chi connectivity index (χ4n) is 1.89. The molecular weight excluding hydrogens is 364 g/mol. The molecule has 2 aromatic heterocycles. The van der Waals surface area contributed by atoms with Crippen molar-refractivity contribution < 1.29 is 14.3 Å². The molecule has 1 amide bonds. The maximum Gasteiger partial charge on any atom is 0.311 e. The number of nitrogen functional groups attached to an aromatic ring is 1. The molecule has 136 valence electrons. The maximum absolute atomic E-state index is 12.0. The molecule has 2 heterocycles. The number of aryl methyl sites for hydroxylation is 1. The van der Waals surface area contributed by atoms with Crippen LogP contribution in [0.1, 0.15) is 31.8 Å². The Morgan fingerprint density at radius 2 is 2.20 bits per heavy atom. The highest BCUT2D eigenvalue weighted by molar-refractivity contribution is 7.99. The van der Waals surface area contributed by atoms with Crippen LogP contribution in [-0.2, 0) is 27.2 Å². The van der Waals surface area contributed by atoms with Crippen molar-refractivity contribution in [3.8, 4) is 0 Å². The fraction of sp³-hybridized carbons (Fsp3) is 0.500. The van der Waals surface area contributed by atoms with Gasteiger partial charge in [0.1, 0.15) is 0 Å². The molecule has 11 heteroatoms. The van der Waals surface area contributed by atoms with Gasteiger partial charge in [-0.2, -0.15) is 0 Å². The summed E-state index contributed by atoms with van der Waals surface area (Å²) in [6, 6.07) is 0. The van der Waals surface area contributed by atoms with Gasteiger partial charge < -0.3 is 15.9 Å². The van der Waals surface area contributed by atoms with Crippen LogP contribution in [0.3, 0.4) is 0 Å². The lowest BCUT2D eigenvalue weighted by molar-refractivity contribution is -0.142. The van der Waals surface area contributed by atoms with Gasteiger partial charge in [0, 0.05) is 11.8 Å². The molecule has 0 spiro atoms. The zero-order valence-corrected chi connectivity index (χ0v) is 15.7. The highest BCUT2D eigenvalue weighted by Gasteiger charge is 2.13. The normalized spacial score (nSPS) is 10.6. The molecule has 0 aliphatic heterocycles. The van der Waals surface area contributed by atoms with Crippen molar-refractivity contribution in [3.63, 3.8) is 0 Å². The third-order valence-electron chi connectivity index (χ3n) is 2.97. The average Bonchev–Trinajstić information content (AvgIpc) is 3.14. The van der Waals surface area contributed by atoms with Gasteiger partial charge in [-0.05, 0) is 13.3 Å². The van der Waals surface area contributed by atoms with Crippen LogP contribution in [0.25, 0.3) is 0 Å². The van der Waals surface area contributed by atoms with E-state index in [1.165, 1.54) is 27.8 Å². The van der Waals surface area contributed by atoms with E-state index in [-0.39, 0.29) is 24.1 Å². The topological polar surface area (TPSA) is 125 Å². The summed E-state index contributed by atoms with van der Waals surface area (Å²) in [6.07, 6.45) is 1.74. The molecule has 0 fully saturated rings. The molecule has 2 rings (SSSR count). The van der Waals surface area contributed by atoms with E-state index >= 15 is 0 Å². The Bertz CT molecular complexity index is 730. The number of aromatic nitrogens is 4. The first-order valence-corrected chi connectivity index (χ1v) is 9.62. The summed E-state index contributed by atoms with van der Waals surface area (Å²) in [5.74, 6) is 6.13. The third-order valence-corrected chi connectivity index (χ3v) is 4.72. The Balaban J connectivity index is 1.82. The molecular formula is C14H20N6O3S2. The van der Waals surface area contributed by atoms with Crippen LogP contribution in [0, 0.1) is 0 Å². The van der Waals surface area contributed by atoms with Crippen LogP contribution in [0.2, 0.25) is 0 Å². The molecule has 2 aromatic rings. The first-order valence-electron chi connectivity index (χ1n) is 7.75. The van der Waals surface area contributed by atoms with Crippen molar-refractivity contribution in [1.82, 2.24) is 19.9 Å². The number of hydrogen-bond acceptors (Lipinski definition) is 9. The van der Waals surface area contributed by atoms with Gasteiger partial charge >= 0.3 is 5.97 Å². The fourth-order valence-corrected chi connectivity index (χ4v) is 3.29. The van der Waals surface area contributed by atoms with Crippen molar-refractivity contribution >= 4 is 40.1 Å². The summed E-state index contributed by atoms with van der Waals surface area (Å²) >= 11 is 2.46. The van der Waals surface area contributed by atoms with Crippen LogP contribution >= 0.6 is 23.1 Å². The predicted molar refractivity (Wildman–Crippen MR) is 96.0 cm³/mol. The van der Waals surface area contributed by atoms with Gasteiger partial charge in [0.15, 0.2) is 11.0 Å². The monoisotopic (exact) mass is 384 g/mol. The number of thioether (sulfide) groups is 1. The number of carbonyl (C=O) groups is 2. The summed E-state index contributed by atoms with van der Waals surface area (Å²) in [5, 5.41) is 13.3. The number of esters is 1. The first-order chi connectivity index (χ1) is 12.0. The number of amides is 1. The van der Waals surface area contributed by atoms with Crippen molar-refractivity contribution in [2.45, 2.75) is 38.3 Å². The number of ether oxygens (including phenoxy) is 1. The Kier molecular flexibility index (Phi) is 7.19. The van der Waals surface area contributed by atoms with E-state index in [0.29, 0.717) is 28.4 Å². The Labute approximate surface area is 153 Å². The third kappa shape index (κ3) is 5.71. The Morgan fingerprint density at radius 1 is 1.40 bits per heavy atom. The average molecular weight is 384 g/mol.